The van der Waals surface area contributed by atoms with Gasteiger partial charge in [0.25, 0.3) is 0 Å². The standard InChI is InChI=1S/C22H27FN4O2.ClH/c1-14(25-22(28)21-19-12-24-11-10-20(19)26-27-21)16-4-8-18(9-5-16)29-13-15-2-6-17(23)7-3-15;/h2-9,14,19-21,24,26-27H,10-13H2,1H3,(H,25,28);1H. The average molecular weight is 435 g/mol. The fourth-order valence-corrected chi connectivity index (χ4v) is 3.96. The highest BCUT2D eigenvalue weighted by atomic mass is 35.5. The monoisotopic (exact) mass is 434 g/mol. The van der Waals surface area contributed by atoms with Crippen molar-refractivity contribution in [2.24, 2.45) is 5.92 Å². The van der Waals surface area contributed by atoms with Crippen LogP contribution in [0.25, 0.3) is 0 Å². The number of ether oxygens (including phenoxy) is 1. The van der Waals surface area contributed by atoms with Crippen LogP contribution < -0.4 is 26.2 Å². The van der Waals surface area contributed by atoms with E-state index >= 15 is 0 Å². The molecular weight excluding hydrogens is 407 g/mol. The van der Waals surface area contributed by atoms with E-state index in [1.54, 1.807) is 12.1 Å². The third-order valence-corrected chi connectivity index (χ3v) is 5.72. The highest BCUT2D eigenvalue weighted by molar-refractivity contribution is 5.85. The lowest BCUT2D eigenvalue weighted by Gasteiger charge is -2.28. The molecule has 30 heavy (non-hydrogen) atoms. The van der Waals surface area contributed by atoms with E-state index in [4.69, 9.17) is 4.74 Å². The number of carbonyl (C=O) groups is 1. The van der Waals surface area contributed by atoms with Crippen LogP contribution in [0.5, 0.6) is 5.75 Å². The fourth-order valence-electron chi connectivity index (χ4n) is 3.96. The van der Waals surface area contributed by atoms with Crippen LogP contribution in [0.15, 0.2) is 48.5 Å². The van der Waals surface area contributed by atoms with Crippen LogP contribution >= 0.6 is 12.4 Å². The second-order valence-electron chi connectivity index (χ2n) is 7.74. The molecule has 2 aliphatic rings. The highest BCUT2D eigenvalue weighted by Crippen LogP contribution is 2.22. The smallest absolute Gasteiger partial charge is 0.239 e. The molecule has 0 bridgehead atoms. The third-order valence-electron chi connectivity index (χ3n) is 5.72. The molecule has 4 N–H and O–H groups in total. The Bertz CT molecular complexity index is 834. The zero-order chi connectivity index (χ0) is 20.2. The molecule has 0 aromatic heterocycles. The molecule has 0 radical (unpaired) electrons. The van der Waals surface area contributed by atoms with Crippen LogP contribution in [-0.4, -0.2) is 31.1 Å². The van der Waals surface area contributed by atoms with Crippen molar-refractivity contribution in [2.75, 3.05) is 13.1 Å². The molecule has 1 amide bonds. The Labute approximate surface area is 182 Å². The van der Waals surface area contributed by atoms with Gasteiger partial charge in [-0.2, -0.15) is 0 Å². The Morgan fingerprint density at radius 2 is 1.90 bits per heavy atom. The highest BCUT2D eigenvalue weighted by Gasteiger charge is 2.41. The molecule has 2 aliphatic heterocycles. The van der Waals surface area contributed by atoms with Gasteiger partial charge in [-0.3, -0.25) is 10.2 Å². The van der Waals surface area contributed by atoms with Crippen LogP contribution in [0.1, 0.15) is 30.5 Å². The second kappa shape index (κ2) is 10.2. The van der Waals surface area contributed by atoms with Gasteiger partial charge in [-0.1, -0.05) is 24.3 Å². The van der Waals surface area contributed by atoms with Gasteiger partial charge in [-0.25, -0.2) is 9.82 Å². The number of fused-ring (bicyclic) bond motifs is 1. The number of amides is 1. The van der Waals surface area contributed by atoms with Gasteiger partial charge >= 0.3 is 0 Å². The van der Waals surface area contributed by atoms with Crippen molar-refractivity contribution in [2.45, 2.75) is 38.1 Å². The van der Waals surface area contributed by atoms with Gasteiger partial charge in [0.15, 0.2) is 0 Å². The predicted molar refractivity (Wildman–Crippen MR) is 116 cm³/mol. The molecule has 162 valence electrons. The Kier molecular flexibility index (Phi) is 7.66. The molecule has 4 unspecified atom stereocenters. The molecule has 2 aromatic rings. The molecule has 2 aromatic carbocycles. The summed E-state index contributed by atoms with van der Waals surface area (Å²) in [6, 6.07) is 14.0. The third kappa shape index (κ3) is 5.29. The number of nitrogens with one attached hydrogen (secondary N) is 4. The topological polar surface area (TPSA) is 74.4 Å². The summed E-state index contributed by atoms with van der Waals surface area (Å²) in [5, 5.41) is 6.47. The Morgan fingerprint density at radius 3 is 2.63 bits per heavy atom. The number of hydrogen-bond donors (Lipinski definition) is 4. The molecule has 0 spiro atoms. The van der Waals surface area contributed by atoms with E-state index in [2.05, 4.69) is 21.5 Å². The summed E-state index contributed by atoms with van der Waals surface area (Å²) < 4.78 is 18.7. The Balaban J connectivity index is 0.00000256. The minimum Gasteiger partial charge on any atom is -0.489 e. The average Bonchev–Trinajstić information content (AvgIpc) is 3.18. The maximum absolute atomic E-state index is 13.0. The number of hydrazine groups is 1. The molecule has 6 nitrogen and oxygen atoms in total. The van der Waals surface area contributed by atoms with Crippen LogP contribution in [0.4, 0.5) is 4.39 Å². The van der Waals surface area contributed by atoms with E-state index in [1.807, 2.05) is 31.2 Å². The van der Waals surface area contributed by atoms with E-state index in [9.17, 15) is 9.18 Å². The van der Waals surface area contributed by atoms with Gasteiger partial charge in [0.2, 0.25) is 5.91 Å². The minimum atomic E-state index is -0.256. The molecule has 0 saturated carbocycles. The van der Waals surface area contributed by atoms with E-state index in [0.29, 0.717) is 12.6 Å². The van der Waals surface area contributed by atoms with Gasteiger partial charge in [0.1, 0.15) is 24.2 Å². The largest absolute Gasteiger partial charge is 0.489 e. The quantitative estimate of drug-likeness (QED) is 0.562. The number of benzene rings is 2. The van der Waals surface area contributed by atoms with Crippen molar-refractivity contribution in [3.05, 3.63) is 65.5 Å². The number of hydrogen-bond acceptors (Lipinski definition) is 5. The minimum absolute atomic E-state index is 0. The first-order chi connectivity index (χ1) is 14.1. The number of halogens is 2. The molecular formula is C22H28ClFN4O2. The summed E-state index contributed by atoms with van der Waals surface area (Å²) >= 11 is 0. The molecule has 2 fully saturated rings. The maximum atomic E-state index is 13.0. The zero-order valence-corrected chi connectivity index (χ0v) is 17.7. The first-order valence-electron chi connectivity index (χ1n) is 10.1. The molecule has 8 heteroatoms. The summed E-state index contributed by atoms with van der Waals surface area (Å²) in [5.41, 5.74) is 8.32. The first kappa shape index (κ1) is 22.5. The molecule has 2 heterocycles. The number of piperidine rings is 1. The SMILES string of the molecule is CC(NC(=O)C1NNC2CCNCC21)c1ccc(OCc2ccc(F)cc2)cc1.Cl. The van der Waals surface area contributed by atoms with Gasteiger partial charge < -0.3 is 15.4 Å². The summed E-state index contributed by atoms with van der Waals surface area (Å²) in [7, 11) is 0. The van der Waals surface area contributed by atoms with Crippen LogP contribution in [-0.2, 0) is 11.4 Å². The second-order valence-corrected chi connectivity index (χ2v) is 7.74. The lowest BCUT2D eigenvalue weighted by atomic mass is 9.89. The number of rotatable bonds is 6. The molecule has 2 saturated heterocycles. The first-order valence-corrected chi connectivity index (χ1v) is 10.1. The zero-order valence-electron chi connectivity index (χ0n) is 16.9. The van der Waals surface area contributed by atoms with E-state index < -0.39 is 0 Å². The Hall–Kier alpha value is -2.19. The van der Waals surface area contributed by atoms with Crippen molar-refractivity contribution in [3.8, 4) is 5.75 Å². The van der Waals surface area contributed by atoms with Crippen molar-refractivity contribution >= 4 is 18.3 Å². The summed E-state index contributed by atoms with van der Waals surface area (Å²) in [6.07, 6.45) is 1.02. The van der Waals surface area contributed by atoms with Crippen molar-refractivity contribution < 1.29 is 13.9 Å². The van der Waals surface area contributed by atoms with Gasteiger partial charge in [-0.15, -0.1) is 12.4 Å². The van der Waals surface area contributed by atoms with Crippen LogP contribution in [0.3, 0.4) is 0 Å². The lowest BCUT2D eigenvalue weighted by Crippen LogP contribution is -2.49. The van der Waals surface area contributed by atoms with E-state index in [1.165, 1.54) is 12.1 Å². The van der Waals surface area contributed by atoms with Crippen molar-refractivity contribution in [3.63, 3.8) is 0 Å². The Morgan fingerprint density at radius 1 is 1.17 bits per heavy atom. The molecule has 0 aliphatic carbocycles. The molecule has 4 rings (SSSR count). The van der Waals surface area contributed by atoms with Crippen molar-refractivity contribution in [1.29, 1.82) is 0 Å². The van der Waals surface area contributed by atoms with Gasteiger partial charge in [-0.05, 0) is 55.3 Å². The summed E-state index contributed by atoms with van der Waals surface area (Å²) in [4.78, 5) is 12.7. The lowest BCUT2D eigenvalue weighted by molar-refractivity contribution is -0.124. The number of carbonyl (C=O) groups excluding carboxylic acids is 1. The summed E-state index contributed by atoms with van der Waals surface area (Å²) in [6.45, 7) is 4.18. The molecule has 4 atom stereocenters. The predicted octanol–water partition coefficient (Wildman–Crippen LogP) is 2.46. The van der Waals surface area contributed by atoms with Gasteiger partial charge in [0, 0.05) is 18.5 Å². The maximum Gasteiger partial charge on any atom is 0.239 e. The normalized spacial score (nSPS) is 23.7. The van der Waals surface area contributed by atoms with Crippen LogP contribution in [0, 0.1) is 11.7 Å². The fraction of sp³-hybridized carbons (Fsp3) is 0.409. The van der Waals surface area contributed by atoms with Crippen molar-refractivity contribution in [1.82, 2.24) is 21.5 Å². The van der Waals surface area contributed by atoms with Gasteiger partial charge in [0.05, 0.1) is 6.04 Å². The summed E-state index contributed by atoms with van der Waals surface area (Å²) in [5.74, 6) is 0.749. The van der Waals surface area contributed by atoms with Crippen LogP contribution in [0.2, 0.25) is 0 Å². The van der Waals surface area contributed by atoms with E-state index in [0.717, 1.165) is 36.4 Å². The van der Waals surface area contributed by atoms with E-state index in [-0.39, 0.29) is 42.1 Å².